The molecule has 0 rings (SSSR count). The summed E-state index contributed by atoms with van der Waals surface area (Å²) < 4.78 is 48.3. The monoisotopic (exact) mass is 286 g/mol. The minimum atomic E-state index is -5.06. The Morgan fingerprint density at radius 1 is 1.26 bits per heavy atom. The molecule has 19 heavy (non-hydrogen) atoms. The van der Waals surface area contributed by atoms with Crippen molar-refractivity contribution in [2.75, 3.05) is 26.9 Å². The number of ether oxygens (including phenoxy) is 2. The molecule has 0 radical (unpaired) electrons. The number of hydrogen-bond acceptors (Lipinski definition) is 5. The van der Waals surface area contributed by atoms with E-state index in [1.807, 2.05) is 5.32 Å². The maximum Gasteiger partial charge on any atom is 0.436 e. The molecule has 9 heteroatoms. The third-order valence-corrected chi connectivity index (χ3v) is 2.07. The summed E-state index contributed by atoms with van der Waals surface area (Å²) in [5, 5.41) is 3.51. The third kappa shape index (κ3) is 4.67. The highest BCUT2D eigenvalue weighted by Gasteiger charge is 2.62. The number of halogens is 3. The first-order valence-corrected chi connectivity index (χ1v) is 5.48. The van der Waals surface area contributed by atoms with Gasteiger partial charge in [-0.05, 0) is 6.92 Å². The topological polar surface area (TPSA) is 76.7 Å². The van der Waals surface area contributed by atoms with Gasteiger partial charge in [-0.2, -0.15) is 13.2 Å². The first-order chi connectivity index (χ1) is 8.71. The van der Waals surface area contributed by atoms with Crippen LogP contribution in [0.3, 0.4) is 0 Å². The van der Waals surface area contributed by atoms with Crippen molar-refractivity contribution in [2.24, 2.45) is 0 Å². The fourth-order valence-electron chi connectivity index (χ4n) is 1.30. The molecule has 0 aromatic carbocycles. The average Bonchev–Trinajstić information content (AvgIpc) is 2.26. The Morgan fingerprint density at radius 3 is 2.21 bits per heavy atom. The minimum Gasteiger partial charge on any atom is -0.463 e. The van der Waals surface area contributed by atoms with Crippen molar-refractivity contribution in [1.82, 2.24) is 10.6 Å². The molecule has 0 saturated carbocycles. The summed E-state index contributed by atoms with van der Waals surface area (Å²) in [6.07, 6.45) is -5.06. The van der Waals surface area contributed by atoms with Gasteiger partial charge >= 0.3 is 12.1 Å². The van der Waals surface area contributed by atoms with Crippen LogP contribution in [0.1, 0.15) is 13.8 Å². The van der Waals surface area contributed by atoms with E-state index >= 15 is 0 Å². The third-order valence-electron chi connectivity index (χ3n) is 2.07. The lowest BCUT2D eigenvalue weighted by Gasteiger charge is -2.34. The molecule has 112 valence electrons. The molecule has 1 amide bonds. The molecule has 0 aliphatic rings. The van der Waals surface area contributed by atoms with Crippen LogP contribution < -0.4 is 10.6 Å². The summed E-state index contributed by atoms with van der Waals surface area (Å²) in [6, 6.07) is 0. The van der Waals surface area contributed by atoms with Crippen LogP contribution >= 0.6 is 0 Å². The fraction of sp³-hybridized carbons (Fsp3) is 0.800. The first kappa shape index (κ1) is 17.6. The Bertz CT molecular complexity index is 322. The van der Waals surface area contributed by atoms with Crippen LogP contribution in [0.2, 0.25) is 0 Å². The van der Waals surface area contributed by atoms with E-state index in [9.17, 15) is 22.8 Å². The van der Waals surface area contributed by atoms with Gasteiger partial charge in [0.25, 0.3) is 5.66 Å². The Labute approximate surface area is 108 Å². The van der Waals surface area contributed by atoms with Gasteiger partial charge in [0.05, 0.1) is 13.2 Å². The van der Waals surface area contributed by atoms with E-state index in [0.29, 0.717) is 0 Å². The zero-order valence-corrected chi connectivity index (χ0v) is 10.9. The van der Waals surface area contributed by atoms with Crippen molar-refractivity contribution in [1.29, 1.82) is 0 Å². The SMILES string of the molecule is CCOC(=O)[C@](NCCOC)(NC(C)=O)C(F)(F)F. The predicted molar refractivity (Wildman–Crippen MR) is 59.1 cm³/mol. The van der Waals surface area contributed by atoms with Crippen molar-refractivity contribution in [3.05, 3.63) is 0 Å². The largest absolute Gasteiger partial charge is 0.463 e. The van der Waals surface area contributed by atoms with Gasteiger partial charge in [-0.25, -0.2) is 4.79 Å². The second-order valence-electron chi connectivity index (χ2n) is 3.57. The molecule has 0 aromatic heterocycles. The number of alkyl halides is 3. The van der Waals surface area contributed by atoms with Gasteiger partial charge in [0.1, 0.15) is 0 Å². The first-order valence-electron chi connectivity index (χ1n) is 5.48. The molecule has 0 fully saturated rings. The molecule has 0 spiro atoms. The second kappa shape index (κ2) is 7.29. The van der Waals surface area contributed by atoms with E-state index in [4.69, 9.17) is 0 Å². The number of amides is 1. The molecule has 0 bridgehead atoms. The molecule has 0 aliphatic carbocycles. The van der Waals surface area contributed by atoms with E-state index in [0.717, 1.165) is 6.92 Å². The van der Waals surface area contributed by atoms with E-state index in [1.54, 1.807) is 5.32 Å². The lowest BCUT2D eigenvalue weighted by atomic mass is 10.1. The highest BCUT2D eigenvalue weighted by molar-refractivity contribution is 5.87. The van der Waals surface area contributed by atoms with E-state index in [1.165, 1.54) is 14.0 Å². The number of nitrogens with one attached hydrogen (secondary N) is 2. The van der Waals surface area contributed by atoms with Crippen molar-refractivity contribution < 1.29 is 32.2 Å². The second-order valence-corrected chi connectivity index (χ2v) is 3.57. The Kier molecular flexibility index (Phi) is 6.77. The van der Waals surface area contributed by atoms with Crippen LogP contribution in [0.15, 0.2) is 0 Å². The number of methoxy groups -OCH3 is 1. The molecule has 0 aromatic rings. The lowest BCUT2D eigenvalue weighted by Crippen LogP contribution is -2.72. The van der Waals surface area contributed by atoms with Gasteiger partial charge in [0.2, 0.25) is 5.91 Å². The molecule has 0 saturated heterocycles. The van der Waals surface area contributed by atoms with Gasteiger partial charge in [-0.1, -0.05) is 0 Å². The van der Waals surface area contributed by atoms with Gasteiger partial charge < -0.3 is 14.8 Å². The van der Waals surface area contributed by atoms with E-state index in [-0.39, 0.29) is 19.8 Å². The van der Waals surface area contributed by atoms with Crippen LogP contribution in [-0.4, -0.2) is 50.6 Å². The maximum atomic E-state index is 13.1. The predicted octanol–water partition coefficient (Wildman–Crippen LogP) is 0.180. The number of hydrogen-bond donors (Lipinski definition) is 2. The molecule has 2 N–H and O–H groups in total. The zero-order chi connectivity index (χ0) is 15.1. The number of carbonyl (C=O) groups excluding carboxylic acids is 2. The zero-order valence-electron chi connectivity index (χ0n) is 10.9. The van der Waals surface area contributed by atoms with Crippen molar-refractivity contribution in [3.63, 3.8) is 0 Å². The summed E-state index contributed by atoms with van der Waals surface area (Å²) in [5.74, 6) is -2.64. The Morgan fingerprint density at radius 2 is 1.84 bits per heavy atom. The molecule has 0 heterocycles. The van der Waals surface area contributed by atoms with E-state index in [2.05, 4.69) is 9.47 Å². The minimum absolute atomic E-state index is 0.0726. The summed E-state index contributed by atoms with van der Waals surface area (Å²) in [5.41, 5.74) is -3.27. The van der Waals surface area contributed by atoms with Gasteiger partial charge in [-0.15, -0.1) is 0 Å². The smallest absolute Gasteiger partial charge is 0.436 e. The standard InChI is InChI=1S/C10H17F3N2O4/c1-4-19-8(17)9(10(11,12)13,15-7(2)16)14-5-6-18-3/h14H,4-6H2,1-3H3,(H,15,16)/t9-/m0/s1. The van der Waals surface area contributed by atoms with Crippen LogP contribution in [0.5, 0.6) is 0 Å². The van der Waals surface area contributed by atoms with Crippen LogP contribution in [0.25, 0.3) is 0 Å². The molecule has 1 atom stereocenters. The Balaban J connectivity index is 5.32. The lowest BCUT2D eigenvalue weighted by molar-refractivity contribution is -0.221. The molecule has 0 unspecified atom stereocenters. The highest BCUT2D eigenvalue weighted by Crippen LogP contribution is 2.29. The fourth-order valence-corrected chi connectivity index (χ4v) is 1.30. The molecule has 0 aliphatic heterocycles. The molecule has 6 nitrogen and oxygen atoms in total. The van der Waals surface area contributed by atoms with Crippen molar-refractivity contribution in [3.8, 4) is 0 Å². The highest BCUT2D eigenvalue weighted by atomic mass is 19.4. The molecular weight excluding hydrogens is 269 g/mol. The van der Waals surface area contributed by atoms with Gasteiger partial charge in [-0.3, -0.25) is 10.1 Å². The summed E-state index contributed by atoms with van der Waals surface area (Å²) in [4.78, 5) is 22.5. The number of esters is 1. The summed E-state index contributed by atoms with van der Waals surface area (Å²) in [6.45, 7) is 1.62. The van der Waals surface area contributed by atoms with Crippen LogP contribution in [0, 0.1) is 0 Å². The maximum absolute atomic E-state index is 13.1. The van der Waals surface area contributed by atoms with Crippen molar-refractivity contribution >= 4 is 11.9 Å². The van der Waals surface area contributed by atoms with Crippen molar-refractivity contribution in [2.45, 2.75) is 25.7 Å². The van der Waals surface area contributed by atoms with Crippen LogP contribution in [0.4, 0.5) is 13.2 Å². The van der Waals surface area contributed by atoms with Gasteiger partial charge in [0.15, 0.2) is 0 Å². The number of carbonyl (C=O) groups is 2. The summed E-state index contributed by atoms with van der Waals surface area (Å²) >= 11 is 0. The van der Waals surface area contributed by atoms with Gasteiger partial charge in [0, 0.05) is 20.6 Å². The molecular formula is C10H17F3N2O4. The summed E-state index contributed by atoms with van der Waals surface area (Å²) in [7, 11) is 1.29. The van der Waals surface area contributed by atoms with Crippen LogP contribution in [-0.2, 0) is 19.1 Å². The quantitative estimate of drug-likeness (QED) is 0.397. The van der Waals surface area contributed by atoms with E-state index < -0.39 is 23.7 Å². The number of rotatable bonds is 7. The average molecular weight is 286 g/mol. The Hall–Kier alpha value is -1.35. The normalized spacial score (nSPS) is 14.6.